The molecule has 1 unspecified atom stereocenters. The second kappa shape index (κ2) is 6.96. The second-order valence-electron chi connectivity index (χ2n) is 5.70. The lowest BCUT2D eigenvalue weighted by Gasteiger charge is -2.25. The van der Waals surface area contributed by atoms with Crippen molar-refractivity contribution in [3.8, 4) is 11.5 Å². The third-order valence-corrected chi connectivity index (χ3v) is 4.28. The van der Waals surface area contributed by atoms with E-state index in [1.54, 1.807) is 36.6 Å². The number of ether oxygens (including phenoxy) is 3. The fraction of sp³-hybridized carbons (Fsp3) is 0.263. The van der Waals surface area contributed by atoms with E-state index in [4.69, 9.17) is 37.4 Å². The highest BCUT2D eigenvalue weighted by Gasteiger charge is 2.37. The van der Waals surface area contributed by atoms with E-state index in [1.165, 1.54) is 0 Å². The molecule has 0 amide bonds. The predicted molar refractivity (Wildman–Crippen MR) is 95.5 cm³/mol. The number of rotatable bonds is 5. The number of halogens is 2. The van der Waals surface area contributed by atoms with Crippen LogP contribution in [0, 0.1) is 0 Å². The van der Waals surface area contributed by atoms with Crippen LogP contribution < -0.4 is 4.74 Å². The molecule has 0 bridgehead atoms. The summed E-state index contributed by atoms with van der Waals surface area (Å²) in [5, 5.41) is 1.18. The number of benzene rings is 2. The van der Waals surface area contributed by atoms with E-state index < -0.39 is 5.79 Å². The van der Waals surface area contributed by atoms with Gasteiger partial charge in [-0.15, -0.1) is 0 Å². The van der Waals surface area contributed by atoms with Gasteiger partial charge in [0.05, 0.1) is 10.6 Å². The molecule has 1 heterocycles. The number of allylic oxidation sites excluding steroid dienone is 1. The summed E-state index contributed by atoms with van der Waals surface area (Å²) in [6.45, 7) is 3.95. The Morgan fingerprint density at radius 1 is 1.04 bits per heavy atom. The van der Waals surface area contributed by atoms with Crippen molar-refractivity contribution in [1.82, 2.24) is 0 Å². The van der Waals surface area contributed by atoms with Crippen LogP contribution in [0.2, 0.25) is 10.0 Å². The maximum absolute atomic E-state index is 6.43. The van der Waals surface area contributed by atoms with Gasteiger partial charge in [-0.2, -0.15) is 0 Å². The van der Waals surface area contributed by atoms with Crippen LogP contribution >= 0.6 is 23.2 Å². The minimum atomic E-state index is -0.902. The molecule has 1 atom stereocenters. The molecule has 3 nitrogen and oxygen atoms in total. The monoisotopic (exact) mass is 364 g/mol. The Bertz CT molecular complexity index is 756. The molecule has 0 saturated carbocycles. The summed E-state index contributed by atoms with van der Waals surface area (Å²) < 4.78 is 17.4. The van der Waals surface area contributed by atoms with Crippen molar-refractivity contribution in [3.63, 3.8) is 0 Å². The molecule has 0 spiro atoms. The van der Waals surface area contributed by atoms with Gasteiger partial charge in [0.2, 0.25) is 0 Å². The van der Waals surface area contributed by atoms with Crippen molar-refractivity contribution >= 4 is 23.2 Å². The van der Waals surface area contributed by atoms with Gasteiger partial charge in [-0.3, -0.25) is 0 Å². The molecule has 5 heteroatoms. The molecule has 0 aliphatic carbocycles. The average molecular weight is 365 g/mol. The van der Waals surface area contributed by atoms with Gasteiger partial charge in [0.15, 0.2) is 0 Å². The first-order valence-corrected chi connectivity index (χ1v) is 8.55. The summed E-state index contributed by atoms with van der Waals surface area (Å²) in [5.74, 6) is 1.25. The minimum absolute atomic E-state index is 0.523. The van der Waals surface area contributed by atoms with E-state index in [1.807, 2.05) is 19.1 Å². The lowest BCUT2D eigenvalue weighted by Crippen LogP contribution is -2.23. The molecule has 2 aromatic carbocycles. The molecule has 0 fully saturated rings. The molecule has 0 aromatic heterocycles. The van der Waals surface area contributed by atoms with E-state index in [0.717, 1.165) is 24.2 Å². The average Bonchev–Trinajstić information content (AvgIpc) is 2.92. The predicted octanol–water partition coefficient (Wildman–Crippen LogP) is 6.65. The fourth-order valence-electron chi connectivity index (χ4n) is 2.52. The van der Waals surface area contributed by atoms with E-state index in [9.17, 15) is 0 Å². The van der Waals surface area contributed by atoms with Crippen LogP contribution in [0.3, 0.4) is 0 Å². The molecule has 0 N–H and O–H groups in total. The zero-order chi connectivity index (χ0) is 17.2. The third-order valence-electron chi connectivity index (χ3n) is 3.72. The van der Waals surface area contributed by atoms with Crippen molar-refractivity contribution in [3.05, 3.63) is 70.1 Å². The maximum Gasteiger partial charge on any atom is 0.275 e. The highest BCUT2D eigenvalue weighted by Crippen LogP contribution is 2.41. The van der Waals surface area contributed by atoms with Crippen LogP contribution in [-0.2, 0) is 15.3 Å². The van der Waals surface area contributed by atoms with Gasteiger partial charge in [-0.05, 0) is 48.9 Å². The Labute approximate surface area is 151 Å². The van der Waals surface area contributed by atoms with Crippen molar-refractivity contribution in [1.29, 1.82) is 0 Å². The molecule has 3 rings (SSSR count). The Kier molecular flexibility index (Phi) is 4.93. The van der Waals surface area contributed by atoms with Gasteiger partial charge >= 0.3 is 0 Å². The normalized spacial score (nSPS) is 19.4. The van der Waals surface area contributed by atoms with Crippen LogP contribution in [0.15, 0.2) is 54.5 Å². The van der Waals surface area contributed by atoms with Crippen molar-refractivity contribution in [2.75, 3.05) is 0 Å². The van der Waals surface area contributed by atoms with Crippen LogP contribution in [0.4, 0.5) is 0 Å². The lowest BCUT2D eigenvalue weighted by atomic mass is 10.1. The van der Waals surface area contributed by atoms with Crippen LogP contribution in [0.25, 0.3) is 0 Å². The van der Waals surface area contributed by atoms with Gasteiger partial charge in [0, 0.05) is 18.4 Å². The summed E-state index contributed by atoms with van der Waals surface area (Å²) in [6, 6.07) is 12.6. The quantitative estimate of drug-likeness (QED) is 0.594. The smallest absolute Gasteiger partial charge is 0.275 e. The highest BCUT2D eigenvalue weighted by molar-refractivity contribution is 6.31. The molecular weight excluding hydrogens is 347 g/mol. The number of hydrogen-bond acceptors (Lipinski definition) is 3. The summed E-state index contributed by atoms with van der Waals surface area (Å²) in [5.41, 5.74) is 0.759. The lowest BCUT2D eigenvalue weighted by molar-refractivity contribution is -0.141. The summed E-state index contributed by atoms with van der Waals surface area (Å²) in [4.78, 5) is 0. The molecule has 24 heavy (non-hydrogen) atoms. The fourth-order valence-corrected chi connectivity index (χ4v) is 2.99. The number of hydrogen-bond donors (Lipinski definition) is 0. The van der Waals surface area contributed by atoms with E-state index in [2.05, 4.69) is 6.92 Å². The first-order chi connectivity index (χ1) is 11.5. The second-order valence-corrected chi connectivity index (χ2v) is 6.54. The maximum atomic E-state index is 6.43. The largest absolute Gasteiger partial charge is 0.457 e. The van der Waals surface area contributed by atoms with Crippen molar-refractivity contribution in [2.24, 2.45) is 0 Å². The molecule has 0 saturated heterocycles. The van der Waals surface area contributed by atoms with Crippen molar-refractivity contribution < 1.29 is 14.2 Å². The van der Waals surface area contributed by atoms with Gasteiger partial charge in [-0.1, -0.05) is 30.1 Å². The molecule has 1 aliphatic heterocycles. The van der Waals surface area contributed by atoms with Gasteiger partial charge < -0.3 is 14.2 Å². The third kappa shape index (κ3) is 3.63. The summed E-state index contributed by atoms with van der Waals surface area (Å²) in [7, 11) is 0. The summed E-state index contributed by atoms with van der Waals surface area (Å²) in [6.07, 6.45) is 3.50. The molecule has 0 radical (unpaired) electrons. The van der Waals surface area contributed by atoms with E-state index in [0.29, 0.717) is 21.5 Å². The molecular formula is C19H18Cl2O3. The van der Waals surface area contributed by atoms with E-state index in [-0.39, 0.29) is 0 Å². The first kappa shape index (κ1) is 17.0. The topological polar surface area (TPSA) is 27.7 Å². The Balaban J connectivity index is 1.77. The van der Waals surface area contributed by atoms with Crippen LogP contribution in [-0.4, -0.2) is 0 Å². The molecule has 126 valence electrons. The van der Waals surface area contributed by atoms with E-state index >= 15 is 0 Å². The Morgan fingerprint density at radius 3 is 2.42 bits per heavy atom. The first-order valence-electron chi connectivity index (χ1n) is 7.79. The van der Waals surface area contributed by atoms with Crippen molar-refractivity contribution in [2.45, 2.75) is 32.5 Å². The zero-order valence-electron chi connectivity index (χ0n) is 13.5. The van der Waals surface area contributed by atoms with Gasteiger partial charge in [0.25, 0.3) is 5.79 Å². The molecule has 2 aromatic rings. The van der Waals surface area contributed by atoms with Crippen LogP contribution in [0.1, 0.15) is 32.3 Å². The SMILES string of the molecule is CCCC1=COC(C)(c2ccc(Oc3ccc(Cl)cc3)cc2Cl)O1. The van der Waals surface area contributed by atoms with Gasteiger partial charge in [-0.25, -0.2) is 0 Å². The Hall–Kier alpha value is -1.84. The highest BCUT2D eigenvalue weighted by atomic mass is 35.5. The standard InChI is InChI=1S/C19H18Cl2O3/c1-3-4-16-12-22-19(2,24-16)17-10-9-15(11-18(17)21)23-14-7-5-13(20)6-8-14/h5-12H,3-4H2,1-2H3. The zero-order valence-corrected chi connectivity index (χ0v) is 15.0. The minimum Gasteiger partial charge on any atom is -0.457 e. The summed E-state index contributed by atoms with van der Waals surface area (Å²) >= 11 is 12.3. The Morgan fingerprint density at radius 2 is 1.75 bits per heavy atom. The molecule has 1 aliphatic rings. The van der Waals surface area contributed by atoms with Gasteiger partial charge in [0.1, 0.15) is 23.5 Å². The van der Waals surface area contributed by atoms with Crippen LogP contribution in [0.5, 0.6) is 11.5 Å².